The molecule has 0 aliphatic carbocycles. The topological polar surface area (TPSA) is 57.0 Å². The molecule has 0 aliphatic rings. The molecule has 5 nitrogen and oxygen atoms in total. The Kier molecular flexibility index (Phi) is 5.38. The van der Waals surface area contributed by atoms with Crippen molar-refractivity contribution < 1.29 is 9.31 Å². The molecule has 3 rings (SSSR count). The van der Waals surface area contributed by atoms with Gasteiger partial charge < -0.3 is 10.3 Å². The van der Waals surface area contributed by atoms with Crippen molar-refractivity contribution in [2.45, 2.75) is 13.1 Å². The van der Waals surface area contributed by atoms with Gasteiger partial charge in [-0.2, -0.15) is 0 Å². The highest BCUT2D eigenvalue weighted by atomic mass is 35.5. The second-order valence-corrected chi connectivity index (χ2v) is 4.78. The Labute approximate surface area is 135 Å². The number of hydrogen-bond donors (Lipinski definition) is 0. The van der Waals surface area contributed by atoms with Crippen LogP contribution in [0.5, 0.6) is 0 Å². The van der Waals surface area contributed by atoms with Crippen LogP contribution in [0, 0.1) is 0 Å². The number of benzene rings is 2. The molecule has 0 amide bonds. The van der Waals surface area contributed by atoms with Gasteiger partial charge in [-0.15, -0.1) is 17.4 Å². The molecule has 0 fully saturated rings. The first kappa shape index (κ1) is 15.9. The van der Waals surface area contributed by atoms with Crippen molar-refractivity contribution in [1.29, 1.82) is 0 Å². The van der Waals surface area contributed by atoms with E-state index in [4.69, 9.17) is 10.3 Å². The number of halogens is 1. The summed E-state index contributed by atoms with van der Waals surface area (Å²) in [5.74, 6) is 0.0427. The van der Waals surface area contributed by atoms with E-state index in [-0.39, 0.29) is 18.3 Å². The zero-order valence-corrected chi connectivity index (χ0v) is 12.7. The average molecular weight is 317 g/mol. The van der Waals surface area contributed by atoms with E-state index in [1.807, 2.05) is 41.4 Å². The Morgan fingerprint density at radius 3 is 1.82 bits per heavy atom. The van der Waals surface area contributed by atoms with Crippen LogP contribution >= 0.6 is 12.4 Å². The normalized spacial score (nSPS) is 10.0. The highest BCUT2D eigenvalue weighted by Gasteiger charge is 2.18. The molecule has 1 N–H and O–H groups in total. The Hall–Kier alpha value is -2.53. The van der Waals surface area contributed by atoms with Crippen LogP contribution in [0.15, 0.2) is 71.4 Å². The second kappa shape index (κ2) is 7.47. The van der Waals surface area contributed by atoms with Crippen molar-refractivity contribution in [2.75, 3.05) is 5.01 Å². The van der Waals surface area contributed by atoms with Crippen LogP contribution in [0.2, 0.25) is 0 Å². The lowest BCUT2D eigenvalue weighted by atomic mass is 10.2. The minimum absolute atomic E-state index is 0. The highest BCUT2D eigenvalue weighted by Crippen LogP contribution is 2.08. The standard InChI is InChI=1S/C16H16N4O.ClH/c17-16-13-20(18-21-16)19(11-14-7-3-1-4-8-14)12-15-9-5-2-6-10-15;/h1-10,13,17H,11-12H2;1H. The predicted molar refractivity (Wildman–Crippen MR) is 86.4 cm³/mol. The number of aromatic nitrogens is 2. The molecule has 0 saturated carbocycles. The van der Waals surface area contributed by atoms with E-state index in [9.17, 15) is 0 Å². The number of hydrogen-bond acceptors (Lipinski definition) is 3. The van der Waals surface area contributed by atoms with Crippen LogP contribution in [-0.2, 0) is 13.1 Å². The van der Waals surface area contributed by atoms with Gasteiger partial charge in [0.05, 0.1) is 4.79 Å². The predicted octanol–water partition coefficient (Wildman–Crippen LogP) is 3.41. The first-order valence-corrected chi connectivity index (χ1v) is 6.74. The summed E-state index contributed by atoms with van der Waals surface area (Å²) in [6.07, 6.45) is 1.56. The monoisotopic (exact) mass is 316 g/mol. The van der Waals surface area contributed by atoms with Gasteiger partial charge >= 0.3 is 0 Å². The summed E-state index contributed by atoms with van der Waals surface area (Å²) < 4.78 is 4.86. The number of nitrogens with one attached hydrogen (secondary N) is 1. The molecule has 1 heterocycles. The third kappa shape index (κ3) is 3.99. The van der Waals surface area contributed by atoms with Gasteiger partial charge in [-0.05, 0) is 11.1 Å². The van der Waals surface area contributed by atoms with Crippen molar-refractivity contribution in [3.63, 3.8) is 0 Å². The zero-order valence-electron chi connectivity index (χ0n) is 11.9. The van der Waals surface area contributed by atoms with Crippen LogP contribution in [0.1, 0.15) is 11.1 Å². The lowest BCUT2D eigenvalue weighted by Gasteiger charge is -2.14. The maximum Gasteiger partial charge on any atom is 0.256 e. The molecule has 0 unspecified atom stereocenters. The van der Waals surface area contributed by atoms with Crippen molar-refractivity contribution in [3.8, 4) is 0 Å². The molecule has 0 saturated heterocycles. The van der Waals surface area contributed by atoms with Crippen LogP contribution < -0.4 is 9.80 Å². The van der Waals surface area contributed by atoms with Gasteiger partial charge in [-0.3, -0.25) is 0 Å². The first-order valence-electron chi connectivity index (χ1n) is 6.74. The van der Waals surface area contributed by atoms with E-state index in [1.165, 1.54) is 11.1 Å². The average Bonchev–Trinajstić information content (AvgIpc) is 2.95. The maximum absolute atomic E-state index is 7.49. The molecular formula is C16H17ClN4O. The van der Waals surface area contributed by atoms with Crippen molar-refractivity contribution in [2.24, 2.45) is 0 Å². The molecule has 3 aromatic rings. The molecule has 22 heavy (non-hydrogen) atoms. The highest BCUT2D eigenvalue weighted by molar-refractivity contribution is 5.85. The summed E-state index contributed by atoms with van der Waals surface area (Å²) in [6, 6.07) is 20.3. The van der Waals surface area contributed by atoms with Gasteiger partial charge in [0.1, 0.15) is 19.0 Å². The van der Waals surface area contributed by atoms with E-state index in [0.29, 0.717) is 13.1 Å². The van der Waals surface area contributed by atoms with Gasteiger partial charge in [0.25, 0.3) is 6.20 Å². The molecular weight excluding hydrogens is 300 g/mol. The van der Waals surface area contributed by atoms with E-state index in [1.54, 1.807) is 11.0 Å². The molecule has 0 radical (unpaired) electrons. The summed E-state index contributed by atoms with van der Waals surface area (Å²) in [6.45, 7) is 1.37. The SMILES string of the molecule is Cl.[NH-]c1c[n+](N(Cc2ccccc2)Cc2ccccc2)no1. The van der Waals surface area contributed by atoms with Gasteiger partial charge in [-0.1, -0.05) is 60.7 Å². The van der Waals surface area contributed by atoms with E-state index in [2.05, 4.69) is 29.5 Å². The minimum atomic E-state index is 0. The summed E-state index contributed by atoms with van der Waals surface area (Å²) >= 11 is 0. The Balaban J connectivity index is 0.00000176. The Bertz CT molecular complexity index is 646. The van der Waals surface area contributed by atoms with Crippen molar-refractivity contribution >= 4 is 18.3 Å². The Morgan fingerprint density at radius 2 is 1.41 bits per heavy atom. The minimum Gasteiger partial charge on any atom is -0.660 e. The second-order valence-electron chi connectivity index (χ2n) is 4.78. The van der Waals surface area contributed by atoms with Gasteiger partial charge in [-0.25, -0.2) is 0 Å². The fourth-order valence-electron chi connectivity index (χ4n) is 2.16. The number of rotatable bonds is 5. The molecule has 0 atom stereocenters. The zero-order chi connectivity index (χ0) is 14.5. The molecule has 0 aliphatic heterocycles. The van der Waals surface area contributed by atoms with Crippen molar-refractivity contribution in [3.05, 3.63) is 83.7 Å². The summed E-state index contributed by atoms with van der Waals surface area (Å²) in [7, 11) is 0. The smallest absolute Gasteiger partial charge is 0.256 e. The van der Waals surface area contributed by atoms with E-state index in [0.717, 1.165) is 0 Å². The first-order chi connectivity index (χ1) is 10.3. The molecule has 114 valence electrons. The number of nitrogens with zero attached hydrogens (tertiary/aromatic N) is 3. The third-order valence-electron chi connectivity index (χ3n) is 3.16. The van der Waals surface area contributed by atoms with E-state index >= 15 is 0 Å². The lowest BCUT2D eigenvalue weighted by Crippen LogP contribution is -2.57. The molecule has 0 spiro atoms. The molecule has 0 bridgehead atoms. The molecule has 6 heteroatoms. The summed E-state index contributed by atoms with van der Waals surface area (Å²) in [5, 5.41) is 5.91. The van der Waals surface area contributed by atoms with E-state index < -0.39 is 0 Å². The quantitative estimate of drug-likeness (QED) is 0.678. The fraction of sp³-hybridized carbons (Fsp3) is 0.125. The fourth-order valence-corrected chi connectivity index (χ4v) is 2.16. The van der Waals surface area contributed by atoms with Crippen LogP contribution in [0.25, 0.3) is 5.73 Å². The van der Waals surface area contributed by atoms with Crippen molar-refractivity contribution in [1.82, 2.24) is 5.27 Å². The van der Waals surface area contributed by atoms with Crippen LogP contribution in [-0.4, -0.2) is 5.27 Å². The Morgan fingerprint density at radius 1 is 0.909 bits per heavy atom. The lowest BCUT2D eigenvalue weighted by molar-refractivity contribution is -0.761. The largest absolute Gasteiger partial charge is 0.660 e. The van der Waals surface area contributed by atoms with Gasteiger partial charge in [0.15, 0.2) is 0 Å². The maximum atomic E-state index is 7.49. The van der Waals surface area contributed by atoms with Gasteiger partial charge in [0, 0.05) is 0 Å². The van der Waals surface area contributed by atoms with Crippen LogP contribution in [0.4, 0.5) is 5.88 Å². The molecule has 2 aromatic carbocycles. The summed E-state index contributed by atoms with van der Waals surface area (Å²) in [5.41, 5.74) is 9.84. The summed E-state index contributed by atoms with van der Waals surface area (Å²) in [4.78, 5) is 1.59. The molecule has 1 aromatic heterocycles. The van der Waals surface area contributed by atoms with Gasteiger partial charge in [0.2, 0.25) is 5.27 Å². The third-order valence-corrected chi connectivity index (χ3v) is 3.16. The van der Waals surface area contributed by atoms with Crippen LogP contribution in [0.3, 0.4) is 0 Å².